The largest absolute Gasteiger partial charge is 0.475 e. The standard InChI is InChI=1S/C14H17N2O8P/c1-4-14(19)11-9(7-21-25(20,24-11)23-8(2)3)22-12(14)16-6-5-10(17)15-13(16)18/h1,5-6,8-9,11-12,19H,7H2,2-3H3,(H,15,17,18)/t9-,11-,12?,14-,25?/m1/s1. The van der Waals surface area contributed by atoms with Crippen molar-refractivity contribution in [3.63, 3.8) is 0 Å². The van der Waals surface area contributed by atoms with E-state index in [1.807, 2.05) is 4.98 Å². The van der Waals surface area contributed by atoms with Crippen LogP contribution < -0.4 is 11.2 Å². The maximum absolute atomic E-state index is 12.5. The van der Waals surface area contributed by atoms with Gasteiger partial charge in [0, 0.05) is 12.3 Å². The second kappa shape index (κ2) is 6.21. The number of aromatic nitrogens is 2. The number of phosphoric acid groups is 1. The van der Waals surface area contributed by atoms with Gasteiger partial charge in [0.25, 0.3) is 5.56 Å². The zero-order chi connectivity index (χ0) is 18.4. The number of aromatic amines is 1. The molecule has 0 amide bonds. The van der Waals surface area contributed by atoms with Crippen molar-refractivity contribution in [1.29, 1.82) is 0 Å². The van der Waals surface area contributed by atoms with Crippen LogP contribution in [0.5, 0.6) is 0 Å². The normalized spacial score (nSPS) is 37.6. The number of aliphatic hydroxyl groups is 1. The van der Waals surface area contributed by atoms with Crippen LogP contribution in [-0.2, 0) is 22.9 Å². The number of nitrogens with zero attached hydrogens (tertiary/aromatic N) is 1. The van der Waals surface area contributed by atoms with Gasteiger partial charge in [0.05, 0.1) is 12.7 Å². The second-order valence-corrected chi connectivity index (χ2v) is 7.51. The molecule has 1 aromatic rings. The molecule has 2 aliphatic rings. The Balaban J connectivity index is 1.98. The predicted molar refractivity (Wildman–Crippen MR) is 83.7 cm³/mol. The molecule has 2 fully saturated rings. The van der Waals surface area contributed by atoms with E-state index in [0.29, 0.717) is 0 Å². The van der Waals surface area contributed by atoms with Crippen molar-refractivity contribution in [2.75, 3.05) is 6.61 Å². The van der Waals surface area contributed by atoms with E-state index < -0.39 is 49.2 Å². The van der Waals surface area contributed by atoms with Crippen LogP contribution in [0.25, 0.3) is 0 Å². The number of rotatable bonds is 3. The van der Waals surface area contributed by atoms with Gasteiger partial charge in [-0.3, -0.25) is 27.9 Å². The van der Waals surface area contributed by atoms with Crippen molar-refractivity contribution in [1.82, 2.24) is 9.55 Å². The van der Waals surface area contributed by atoms with E-state index in [1.165, 1.54) is 0 Å². The van der Waals surface area contributed by atoms with Crippen molar-refractivity contribution in [3.8, 4) is 12.3 Å². The van der Waals surface area contributed by atoms with Gasteiger partial charge in [0.1, 0.15) is 12.2 Å². The smallest absolute Gasteiger partial charge is 0.371 e. The Labute approximate surface area is 142 Å². The van der Waals surface area contributed by atoms with Gasteiger partial charge in [-0.15, -0.1) is 6.42 Å². The fraction of sp³-hybridized carbons (Fsp3) is 0.571. The lowest BCUT2D eigenvalue weighted by Crippen LogP contribution is -2.50. The molecule has 2 N–H and O–H groups in total. The SMILES string of the molecule is C#C[C@]1(O)C(n2ccc(=O)[nH]c2=O)O[C@@H]2COP(=O)(OC(C)C)O[C@H]21. The third-order valence-corrected chi connectivity index (χ3v) is 5.40. The lowest BCUT2D eigenvalue weighted by molar-refractivity contribution is -0.0753. The maximum Gasteiger partial charge on any atom is 0.475 e. The van der Waals surface area contributed by atoms with Gasteiger partial charge in [-0.1, -0.05) is 5.92 Å². The van der Waals surface area contributed by atoms with E-state index in [2.05, 4.69) is 5.92 Å². The molecule has 2 aliphatic heterocycles. The zero-order valence-electron chi connectivity index (χ0n) is 13.4. The van der Waals surface area contributed by atoms with Gasteiger partial charge in [0.2, 0.25) is 0 Å². The Kier molecular flexibility index (Phi) is 4.49. The van der Waals surface area contributed by atoms with Gasteiger partial charge in [-0.2, -0.15) is 0 Å². The number of H-pyrrole nitrogens is 1. The molecular weight excluding hydrogens is 355 g/mol. The number of hydrogen-bond acceptors (Lipinski definition) is 8. The molecule has 0 saturated carbocycles. The van der Waals surface area contributed by atoms with Crippen LogP contribution in [0.15, 0.2) is 21.9 Å². The summed E-state index contributed by atoms with van der Waals surface area (Å²) in [5, 5.41) is 10.9. The molecule has 0 aromatic carbocycles. The fourth-order valence-corrected chi connectivity index (χ4v) is 4.32. The molecule has 10 nitrogen and oxygen atoms in total. The summed E-state index contributed by atoms with van der Waals surface area (Å²) in [5.41, 5.74) is -3.57. The van der Waals surface area contributed by atoms with Gasteiger partial charge < -0.3 is 9.84 Å². The molecule has 3 heterocycles. The number of phosphoric ester groups is 1. The predicted octanol–water partition coefficient (Wildman–Crippen LogP) is -0.253. The third-order valence-electron chi connectivity index (χ3n) is 3.77. The number of fused-ring (bicyclic) bond motifs is 1. The van der Waals surface area contributed by atoms with E-state index in [4.69, 9.17) is 24.7 Å². The number of nitrogens with one attached hydrogen (secondary N) is 1. The van der Waals surface area contributed by atoms with E-state index >= 15 is 0 Å². The van der Waals surface area contributed by atoms with Crippen molar-refractivity contribution in [2.45, 2.75) is 44.0 Å². The topological polar surface area (TPSA) is 129 Å². The van der Waals surface area contributed by atoms with Crippen molar-refractivity contribution in [3.05, 3.63) is 33.1 Å². The van der Waals surface area contributed by atoms with Crippen molar-refractivity contribution >= 4 is 7.82 Å². The molecule has 5 atom stereocenters. The van der Waals surface area contributed by atoms with E-state index in [9.17, 15) is 19.3 Å². The van der Waals surface area contributed by atoms with Crippen LogP contribution >= 0.6 is 7.82 Å². The molecule has 0 bridgehead atoms. The first-order valence-corrected chi connectivity index (χ1v) is 8.93. The first kappa shape index (κ1) is 18.1. The summed E-state index contributed by atoms with van der Waals surface area (Å²) in [7, 11) is -3.95. The van der Waals surface area contributed by atoms with E-state index in [0.717, 1.165) is 16.8 Å². The lowest BCUT2D eigenvalue weighted by atomic mass is 9.95. The van der Waals surface area contributed by atoms with E-state index in [1.54, 1.807) is 13.8 Å². The van der Waals surface area contributed by atoms with Gasteiger partial charge in [-0.25, -0.2) is 9.36 Å². The van der Waals surface area contributed by atoms with Crippen LogP contribution in [0.3, 0.4) is 0 Å². The van der Waals surface area contributed by atoms with Gasteiger partial charge in [0.15, 0.2) is 11.8 Å². The van der Waals surface area contributed by atoms with Crippen molar-refractivity contribution in [2.24, 2.45) is 0 Å². The number of terminal acetylenes is 1. The molecular formula is C14H17N2O8P. The van der Waals surface area contributed by atoms with Crippen LogP contribution in [0.4, 0.5) is 0 Å². The summed E-state index contributed by atoms with van der Waals surface area (Å²) < 4.78 is 34.7. The first-order valence-electron chi connectivity index (χ1n) is 7.47. The first-order chi connectivity index (χ1) is 11.7. The minimum Gasteiger partial charge on any atom is -0.371 e. The molecule has 2 unspecified atom stereocenters. The van der Waals surface area contributed by atoms with Crippen LogP contribution in [0.2, 0.25) is 0 Å². The molecule has 25 heavy (non-hydrogen) atoms. The average Bonchev–Trinajstić information content (AvgIpc) is 2.79. The molecule has 2 saturated heterocycles. The molecule has 1 aromatic heterocycles. The quantitative estimate of drug-likeness (QED) is 0.549. The Bertz CT molecular complexity index is 871. The number of ether oxygens (including phenoxy) is 1. The lowest BCUT2D eigenvalue weighted by Gasteiger charge is -2.34. The molecule has 0 spiro atoms. The minimum atomic E-state index is -3.95. The fourth-order valence-electron chi connectivity index (χ4n) is 2.73. The highest BCUT2D eigenvalue weighted by molar-refractivity contribution is 7.48. The Morgan fingerprint density at radius 3 is 2.88 bits per heavy atom. The number of hydrogen-bond donors (Lipinski definition) is 2. The van der Waals surface area contributed by atoms with Crippen LogP contribution in [0, 0.1) is 12.3 Å². The van der Waals surface area contributed by atoms with Gasteiger partial charge in [-0.05, 0) is 13.8 Å². The third kappa shape index (κ3) is 3.11. The van der Waals surface area contributed by atoms with Crippen LogP contribution in [-0.4, -0.2) is 45.2 Å². The summed E-state index contributed by atoms with van der Waals surface area (Å²) in [6, 6.07) is 1.08. The van der Waals surface area contributed by atoms with E-state index in [-0.39, 0.29) is 6.61 Å². The average molecular weight is 372 g/mol. The molecule has 0 aliphatic carbocycles. The summed E-state index contributed by atoms with van der Waals surface area (Å²) in [6.45, 7) is 3.06. The summed E-state index contributed by atoms with van der Waals surface area (Å²) in [5.74, 6) is 2.14. The molecule has 11 heteroatoms. The monoisotopic (exact) mass is 372 g/mol. The van der Waals surface area contributed by atoms with Crippen molar-refractivity contribution < 1.29 is 28.0 Å². The summed E-state index contributed by atoms with van der Waals surface area (Å²) in [4.78, 5) is 25.3. The summed E-state index contributed by atoms with van der Waals surface area (Å²) >= 11 is 0. The minimum absolute atomic E-state index is 0.215. The Morgan fingerprint density at radius 2 is 2.28 bits per heavy atom. The molecule has 0 radical (unpaired) electrons. The highest BCUT2D eigenvalue weighted by atomic mass is 31.2. The van der Waals surface area contributed by atoms with Crippen LogP contribution in [0.1, 0.15) is 20.1 Å². The molecule has 136 valence electrons. The summed E-state index contributed by atoms with van der Waals surface area (Å²) in [6.07, 6.45) is 2.63. The highest BCUT2D eigenvalue weighted by Gasteiger charge is 2.62. The van der Waals surface area contributed by atoms with Gasteiger partial charge >= 0.3 is 13.5 Å². The second-order valence-electron chi connectivity index (χ2n) is 5.94. The highest BCUT2D eigenvalue weighted by Crippen LogP contribution is 2.59. The Morgan fingerprint density at radius 1 is 1.56 bits per heavy atom. The zero-order valence-corrected chi connectivity index (χ0v) is 14.3. The maximum atomic E-state index is 12.5. The molecule has 3 rings (SSSR count). The Hall–Kier alpha value is -1.73.